The van der Waals surface area contributed by atoms with Crippen LogP contribution in [0.25, 0.3) is 0 Å². The predicted molar refractivity (Wildman–Crippen MR) is 70.2 cm³/mol. The van der Waals surface area contributed by atoms with Crippen LogP contribution in [0, 0.1) is 22.9 Å². The fourth-order valence-corrected chi connectivity index (χ4v) is 1.76. The summed E-state index contributed by atoms with van der Waals surface area (Å²) >= 11 is 0. The Morgan fingerprint density at radius 1 is 1.52 bits per heavy atom. The molecule has 21 heavy (non-hydrogen) atoms. The van der Waals surface area contributed by atoms with Crippen LogP contribution in [-0.2, 0) is 0 Å². The minimum atomic E-state index is -0.774. The van der Waals surface area contributed by atoms with E-state index in [2.05, 4.69) is 10.3 Å². The molecule has 1 heterocycles. The molecule has 0 saturated heterocycles. The lowest BCUT2D eigenvalue weighted by molar-refractivity contribution is -0.385. The molecule has 1 unspecified atom stereocenters. The van der Waals surface area contributed by atoms with E-state index in [1.807, 2.05) is 0 Å². The lowest BCUT2D eigenvalue weighted by Gasteiger charge is -2.10. The van der Waals surface area contributed by atoms with Crippen LogP contribution < -0.4 is 5.32 Å². The molecule has 2 rings (SSSR count). The fraction of sp³-hybridized carbons (Fsp3) is 0.231. The highest BCUT2D eigenvalue weighted by molar-refractivity contribution is 5.98. The van der Waals surface area contributed by atoms with Crippen LogP contribution in [0.1, 0.15) is 35.0 Å². The molecule has 1 aromatic heterocycles. The average molecular weight is 293 g/mol. The summed E-state index contributed by atoms with van der Waals surface area (Å²) in [4.78, 5) is 26.1. The molecule has 0 fully saturated rings. The molecule has 8 heteroatoms. The lowest BCUT2D eigenvalue weighted by Crippen LogP contribution is -2.27. The third-order valence-electron chi connectivity index (χ3n) is 2.76. The van der Waals surface area contributed by atoms with Gasteiger partial charge in [0.05, 0.1) is 11.1 Å². The molecule has 1 N–H and O–H groups in total. The molecule has 0 aliphatic rings. The molecule has 1 aromatic carbocycles. The monoisotopic (exact) mass is 293 g/mol. The standard InChI is InChI=1S/C13H12FN3O4/c1-7-6-15-13(21-7)8(2)16-12(18)10-5-9(14)3-4-11(10)17(19)20/h3-6,8H,1-2H3,(H,16,18). The number of aryl methyl sites for hydroxylation is 1. The van der Waals surface area contributed by atoms with Crippen molar-refractivity contribution in [1.29, 1.82) is 0 Å². The number of nitrogens with zero attached hydrogens (tertiary/aromatic N) is 2. The SMILES string of the molecule is Cc1cnc(C(C)NC(=O)c2cc(F)ccc2[N+](=O)[O-])o1. The van der Waals surface area contributed by atoms with Gasteiger partial charge >= 0.3 is 0 Å². The zero-order valence-corrected chi connectivity index (χ0v) is 11.3. The van der Waals surface area contributed by atoms with E-state index in [1.165, 1.54) is 6.20 Å². The Morgan fingerprint density at radius 2 is 2.24 bits per heavy atom. The van der Waals surface area contributed by atoms with Crippen molar-refractivity contribution < 1.29 is 18.5 Å². The van der Waals surface area contributed by atoms with Crippen LogP contribution in [0.15, 0.2) is 28.8 Å². The second-order valence-corrected chi connectivity index (χ2v) is 4.42. The number of nitrogens with one attached hydrogen (secondary N) is 1. The quantitative estimate of drug-likeness (QED) is 0.689. The van der Waals surface area contributed by atoms with Gasteiger partial charge in [-0.15, -0.1) is 0 Å². The zero-order valence-electron chi connectivity index (χ0n) is 11.3. The minimum absolute atomic E-state index is 0.264. The third kappa shape index (κ3) is 3.22. The molecule has 110 valence electrons. The Labute approximate surface area is 118 Å². The number of carbonyl (C=O) groups excluding carboxylic acids is 1. The van der Waals surface area contributed by atoms with Crippen molar-refractivity contribution in [2.24, 2.45) is 0 Å². The second kappa shape index (κ2) is 5.70. The molecule has 0 radical (unpaired) electrons. The second-order valence-electron chi connectivity index (χ2n) is 4.42. The van der Waals surface area contributed by atoms with Gasteiger partial charge in [-0.1, -0.05) is 0 Å². The van der Waals surface area contributed by atoms with E-state index in [0.717, 1.165) is 18.2 Å². The lowest BCUT2D eigenvalue weighted by atomic mass is 10.1. The molecule has 1 atom stereocenters. The van der Waals surface area contributed by atoms with E-state index in [-0.39, 0.29) is 11.5 Å². The van der Waals surface area contributed by atoms with E-state index in [4.69, 9.17) is 4.42 Å². The molecule has 0 bridgehead atoms. The van der Waals surface area contributed by atoms with Crippen LogP contribution in [0.3, 0.4) is 0 Å². The highest BCUT2D eigenvalue weighted by Crippen LogP contribution is 2.21. The van der Waals surface area contributed by atoms with E-state index < -0.39 is 28.4 Å². The van der Waals surface area contributed by atoms with Crippen molar-refractivity contribution in [2.75, 3.05) is 0 Å². The number of oxazole rings is 1. The van der Waals surface area contributed by atoms with Crippen LogP contribution >= 0.6 is 0 Å². The van der Waals surface area contributed by atoms with Crippen molar-refractivity contribution >= 4 is 11.6 Å². The number of rotatable bonds is 4. The Bertz CT molecular complexity index is 698. The first-order chi connectivity index (χ1) is 9.88. The van der Waals surface area contributed by atoms with Crippen molar-refractivity contribution in [1.82, 2.24) is 10.3 Å². The first-order valence-corrected chi connectivity index (χ1v) is 6.05. The van der Waals surface area contributed by atoms with Crippen LogP contribution in [-0.4, -0.2) is 15.8 Å². The Hall–Kier alpha value is -2.77. The molecule has 0 spiro atoms. The molecule has 0 saturated carbocycles. The van der Waals surface area contributed by atoms with Crippen LogP contribution in [0.5, 0.6) is 0 Å². The van der Waals surface area contributed by atoms with Gasteiger partial charge < -0.3 is 9.73 Å². The Morgan fingerprint density at radius 3 is 2.81 bits per heavy atom. The predicted octanol–water partition coefficient (Wildman–Crippen LogP) is 2.52. The summed E-state index contributed by atoms with van der Waals surface area (Å²) in [6, 6.07) is 2.09. The molecular formula is C13H12FN3O4. The number of amides is 1. The highest BCUT2D eigenvalue weighted by atomic mass is 19.1. The number of hydrogen-bond donors (Lipinski definition) is 1. The molecule has 1 amide bonds. The van der Waals surface area contributed by atoms with E-state index in [0.29, 0.717) is 5.76 Å². The third-order valence-corrected chi connectivity index (χ3v) is 2.76. The summed E-state index contributed by atoms with van der Waals surface area (Å²) in [7, 11) is 0. The molecule has 0 aliphatic heterocycles. The summed E-state index contributed by atoms with van der Waals surface area (Å²) in [6.07, 6.45) is 1.49. The van der Waals surface area contributed by atoms with Gasteiger partial charge in [-0.25, -0.2) is 9.37 Å². The van der Waals surface area contributed by atoms with Gasteiger partial charge in [0.2, 0.25) is 5.89 Å². The molecule has 7 nitrogen and oxygen atoms in total. The normalized spacial score (nSPS) is 12.0. The number of carbonyl (C=O) groups is 1. The number of hydrogen-bond acceptors (Lipinski definition) is 5. The van der Waals surface area contributed by atoms with E-state index in [1.54, 1.807) is 13.8 Å². The first-order valence-electron chi connectivity index (χ1n) is 6.05. The first kappa shape index (κ1) is 14.6. The number of nitro groups is 1. The molecule has 2 aromatic rings. The van der Waals surface area contributed by atoms with Gasteiger partial charge in [0.1, 0.15) is 23.2 Å². The van der Waals surface area contributed by atoms with Crippen molar-refractivity contribution in [3.63, 3.8) is 0 Å². The number of aromatic nitrogens is 1. The molecule has 0 aliphatic carbocycles. The van der Waals surface area contributed by atoms with E-state index in [9.17, 15) is 19.3 Å². The largest absolute Gasteiger partial charge is 0.444 e. The summed E-state index contributed by atoms with van der Waals surface area (Å²) < 4.78 is 18.5. The van der Waals surface area contributed by atoms with Crippen LogP contribution in [0.4, 0.5) is 10.1 Å². The summed E-state index contributed by atoms with van der Waals surface area (Å²) in [5.41, 5.74) is -0.820. The van der Waals surface area contributed by atoms with Crippen LogP contribution in [0.2, 0.25) is 0 Å². The highest BCUT2D eigenvalue weighted by Gasteiger charge is 2.23. The zero-order chi connectivity index (χ0) is 15.6. The maximum Gasteiger partial charge on any atom is 0.282 e. The maximum absolute atomic E-state index is 13.2. The average Bonchev–Trinajstić information content (AvgIpc) is 2.85. The van der Waals surface area contributed by atoms with Gasteiger partial charge in [0, 0.05) is 6.07 Å². The van der Waals surface area contributed by atoms with Crippen molar-refractivity contribution in [2.45, 2.75) is 19.9 Å². The number of halogens is 1. The minimum Gasteiger partial charge on any atom is -0.444 e. The van der Waals surface area contributed by atoms with E-state index >= 15 is 0 Å². The van der Waals surface area contributed by atoms with Crippen molar-refractivity contribution in [3.05, 3.63) is 57.5 Å². The number of benzene rings is 1. The van der Waals surface area contributed by atoms with Gasteiger partial charge in [-0.3, -0.25) is 14.9 Å². The van der Waals surface area contributed by atoms with Gasteiger partial charge in [-0.05, 0) is 26.0 Å². The topological polar surface area (TPSA) is 98.3 Å². The maximum atomic E-state index is 13.2. The van der Waals surface area contributed by atoms with Gasteiger partial charge in [-0.2, -0.15) is 0 Å². The molecular weight excluding hydrogens is 281 g/mol. The number of nitro benzene ring substituents is 1. The van der Waals surface area contributed by atoms with Gasteiger partial charge in [0.15, 0.2) is 0 Å². The Balaban J connectivity index is 2.24. The summed E-state index contributed by atoms with van der Waals surface area (Å²) in [5.74, 6) is -0.669. The smallest absolute Gasteiger partial charge is 0.282 e. The van der Waals surface area contributed by atoms with Crippen molar-refractivity contribution in [3.8, 4) is 0 Å². The summed E-state index contributed by atoms with van der Waals surface area (Å²) in [6.45, 7) is 3.30. The fourth-order valence-electron chi connectivity index (χ4n) is 1.76. The summed E-state index contributed by atoms with van der Waals surface area (Å²) in [5, 5.41) is 13.4. The Kier molecular flexibility index (Phi) is 3.97. The van der Waals surface area contributed by atoms with Gasteiger partial charge in [0.25, 0.3) is 11.6 Å².